The van der Waals surface area contributed by atoms with Crippen LogP contribution in [0.25, 0.3) is 0 Å². The number of amides is 1. The predicted molar refractivity (Wildman–Crippen MR) is 70.7 cm³/mol. The molecular formula is C11H16N2O2S2. The normalized spacial score (nSPS) is 18.9. The molecule has 1 fully saturated rings. The predicted octanol–water partition coefficient (Wildman–Crippen LogP) is 1.44. The number of thiazole rings is 1. The van der Waals surface area contributed by atoms with Crippen LogP contribution in [-0.2, 0) is 0 Å². The Balaban J connectivity index is 1.90. The molecule has 0 atom stereocenters. The quantitative estimate of drug-likeness (QED) is 0.874. The van der Waals surface area contributed by atoms with Gasteiger partial charge in [0.1, 0.15) is 4.88 Å². The van der Waals surface area contributed by atoms with E-state index in [0.717, 1.165) is 30.0 Å². The Bertz CT molecular complexity index is 400. The van der Waals surface area contributed by atoms with Crippen LogP contribution < -0.4 is 5.32 Å². The molecule has 17 heavy (non-hydrogen) atoms. The number of carbonyl (C=O) groups excluding carboxylic acids is 1. The van der Waals surface area contributed by atoms with Gasteiger partial charge in [-0.2, -0.15) is 11.8 Å². The van der Waals surface area contributed by atoms with Gasteiger partial charge in [-0.15, -0.1) is 11.3 Å². The highest BCUT2D eigenvalue weighted by molar-refractivity contribution is 7.99. The fourth-order valence-corrected chi connectivity index (χ4v) is 3.74. The second-order valence-electron chi connectivity index (χ2n) is 4.29. The summed E-state index contributed by atoms with van der Waals surface area (Å²) < 4.78 is 0. The van der Waals surface area contributed by atoms with Gasteiger partial charge in [0.25, 0.3) is 5.91 Å². The SMILES string of the molecule is Cc1ncsc1C(=O)NCC1(O)CCSCC1. The second kappa shape index (κ2) is 5.37. The van der Waals surface area contributed by atoms with Crippen molar-refractivity contribution in [1.29, 1.82) is 0 Å². The maximum Gasteiger partial charge on any atom is 0.263 e. The third-order valence-electron chi connectivity index (χ3n) is 2.95. The van der Waals surface area contributed by atoms with E-state index in [1.54, 1.807) is 5.51 Å². The van der Waals surface area contributed by atoms with Crippen molar-refractivity contribution in [3.8, 4) is 0 Å². The maximum absolute atomic E-state index is 11.9. The van der Waals surface area contributed by atoms with Crippen molar-refractivity contribution >= 4 is 29.0 Å². The Kier molecular flexibility index (Phi) is 4.06. The fourth-order valence-electron chi connectivity index (χ4n) is 1.77. The van der Waals surface area contributed by atoms with E-state index in [9.17, 15) is 9.90 Å². The first-order chi connectivity index (χ1) is 8.11. The zero-order valence-electron chi connectivity index (χ0n) is 9.73. The van der Waals surface area contributed by atoms with Crippen molar-refractivity contribution in [2.24, 2.45) is 0 Å². The van der Waals surface area contributed by atoms with Crippen LogP contribution in [0, 0.1) is 6.92 Å². The van der Waals surface area contributed by atoms with E-state index < -0.39 is 5.60 Å². The maximum atomic E-state index is 11.9. The van der Waals surface area contributed by atoms with Gasteiger partial charge in [0.15, 0.2) is 0 Å². The zero-order chi connectivity index (χ0) is 12.3. The van der Waals surface area contributed by atoms with E-state index in [-0.39, 0.29) is 5.91 Å². The van der Waals surface area contributed by atoms with Crippen LogP contribution in [0.4, 0.5) is 0 Å². The van der Waals surface area contributed by atoms with Gasteiger partial charge in [0.05, 0.1) is 16.8 Å². The summed E-state index contributed by atoms with van der Waals surface area (Å²) in [6, 6.07) is 0. The Morgan fingerprint density at radius 2 is 2.29 bits per heavy atom. The highest BCUT2D eigenvalue weighted by Gasteiger charge is 2.30. The van der Waals surface area contributed by atoms with E-state index >= 15 is 0 Å². The number of thioether (sulfide) groups is 1. The molecule has 2 heterocycles. The van der Waals surface area contributed by atoms with Crippen molar-refractivity contribution in [2.45, 2.75) is 25.4 Å². The number of nitrogens with one attached hydrogen (secondary N) is 1. The van der Waals surface area contributed by atoms with Crippen molar-refractivity contribution in [2.75, 3.05) is 18.1 Å². The van der Waals surface area contributed by atoms with E-state index in [1.807, 2.05) is 18.7 Å². The van der Waals surface area contributed by atoms with E-state index in [1.165, 1.54) is 11.3 Å². The average Bonchev–Trinajstić information content (AvgIpc) is 2.74. The van der Waals surface area contributed by atoms with Gasteiger partial charge in [-0.1, -0.05) is 0 Å². The standard InChI is InChI=1S/C11H16N2O2S2/c1-8-9(17-7-13-8)10(14)12-6-11(15)2-4-16-5-3-11/h7,15H,2-6H2,1H3,(H,12,14). The second-order valence-corrected chi connectivity index (χ2v) is 6.37. The first-order valence-corrected chi connectivity index (χ1v) is 7.63. The van der Waals surface area contributed by atoms with Crippen molar-refractivity contribution in [1.82, 2.24) is 10.3 Å². The molecule has 1 saturated heterocycles. The molecule has 0 radical (unpaired) electrons. The fraction of sp³-hybridized carbons (Fsp3) is 0.636. The number of aromatic nitrogens is 1. The number of nitrogens with zero attached hydrogens (tertiary/aromatic N) is 1. The first kappa shape index (κ1) is 12.9. The molecule has 0 unspecified atom stereocenters. The summed E-state index contributed by atoms with van der Waals surface area (Å²) in [6.45, 7) is 2.15. The lowest BCUT2D eigenvalue weighted by molar-refractivity contribution is 0.0312. The molecule has 4 nitrogen and oxygen atoms in total. The lowest BCUT2D eigenvalue weighted by atomic mass is 9.97. The van der Waals surface area contributed by atoms with Crippen LogP contribution >= 0.6 is 23.1 Å². The van der Waals surface area contributed by atoms with Gasteiger partial charge in [0.2, 0.25) is 0 Å². The summed E-state index contributed by atoms with van der Waals surface area (Å²) in [4.78, 5) is 16.5. The minimum Gasteiger partial charge on any atom is -0.388 e. The summed E-state index contributed by atoms with van der Waals surface area (Å²) in [5, 5.41) is 13.1. The van der Waals surface area contributed by atoms with Crippen molar-refractivity contribution in [3.05, 3.63) is 16.1 Å². The molecule has 0 bridgehead atoms. The Labute approximate surface area is 109 Å². The highest BCUT2D eigenvalue weighted by atomic mass is 32.2. The third kappa shape index (κ3) is 3.20. The molecule has 0 saturated carbocycles. The van der Waals surface area contributed by atoms with Gasteiger partial charge >= 0.3 is 0 Å². The van der Waals surface area contributed by atoms with Crippen LogP contribution in [0.1, 0.15) is 28.2 Å². The summed E-state index contributed by atoms with van der Waals surface area (Å²) in [7, 11) is 0. The molecular weight excluding hydrogens is 256 g/mol. The Hall–Kier alpha value is -0.590. The smallest absolute Gasteiger partial charge is 0.263 e. The van der Waals surface area contributed by atoms with E-state index in [4.69, 9.17) is 0 Å². The average molecular weight is 272 g/mol. The Morgan fingerprint density at radius 3 is 2.88 bits per heavy atom. The summed E-state index contributed by atoms with van der Waals surface area (Å²) in [6.07, 6.45) is 1.50. The summed E-state index contributed by atoms with van der Waals surface area (Å²) in [5.74, 6) is 1.80. The molecule has 2 rings (SSSR count). The monoisotopic (exact) mass is 272 g/mol. The van der Waals surface area contributed by atoms with Gasteiger partial charge < -0.3 is 10.4 Å². The molecule has 1 aliphatic heterocycles. The Morgan fingerprint density at radius 1 is 1.59 bits per heavy atom. The molecule has 1 aromatic rings. The number of aryl methyl sites for hydroxylation is 1. The summed E-state index contributed by atoms with van der Waals surface area (Å²) in [5.41, 5.74) is 1.69. The highest BCUT2D eigenvalue weighted by Crippen LogP contribution is 2.26. The van der Waals surface area contributed by atoms with Gasteiger partial charge in [-0.25, -0.2) is 4.98 Å². The minimum absolute atomic E-state index is 0.128. The van der Waals surface area contributed by atoms with E-state index in [0.29, 0.717) is 11.4 Å². The number of rotatable bonds is 3. The minimum atomic E-state index is -0.723. The van der Waals surface area contributed by atoms with Crippen LogP contribution in [0.15, 0.2) is 5.51 Å². The molecule has 1 aliphatic rings. The lowest BCUT2D eigenvalue weighted by Gasteiger charge is -2.31. The van der Waals surface area contributed by atoms with E-state index in [2.05, 4.69) is 10.3 Å². The topological polar surface area (TPSA) is 62.2 Å². The molecule has 0 aromatic carbocycles. The van der Waals surface area contributed by atoms with Crippen molar-refractivity contribution in [3.63, 3.8) is 0 Å². The van der Waals surface area contributed by atoms with Crippen LogP contribution in [-0.4, -0.2) is 39.6 Å². The lowest BCUT2D eigenvalue weighted by Crippen LogP contribution is -2.45. The molecule has 1 aromatic heterocycles. The number of hydrogen-bond acceptors (Lipinski definition) is 5. The molecule has 0 aliphatic carbocycles. The molecule has 94 valence electrons. The number of hydrogen-bond donors (Lipinski definition) is 2. The summed E-state index contributed by atoms with van der Waals surface area (Å²) >= 11 is 3.19. The molecule has 2 N–H and O–H groups in total. The van der Waals surface area contributed by atoms with Gasteiger partial charge in [-0.3, -0.25) is 4.79 Å². The van der Waals surface area contributed by atoms with Crippen molar-refractivity contribution < 1.29 is 9.90 Å². The first-order valence-electron chi connectivity index (χ1n) is 5.59. The molecule has 6 heteroatoms. The largest absolute Gasteiger partial charge is 0.388 e. The zero-order valence-corrected chi connectivity index (χ0v) is 11.4. The third-order valence-corrected chi connectivity index (χ3v) is 4.87. The van der Waals surface area contributed by atoms with Crippen LogP contribution in [0.5, 0.6) is 0 Å². The van der Waals surface area contributed by atoms with Crippen LogP contribution in [0.2, 0.25) is 0 Å². The number of carbonyl (C=O) groups is 1. The molecule has 1 amide bonds. The van der Waals surface area contributed by atoms with Gasteiger partial charge in [-0.05, 0) is 31.3 Å². The van der Waals surface area contributed by atoms with Crippen LogP contribution in [0.3, 0.4) is 0 Å². The molecule has 0 spiro atoms. The van der Waals surface area contributed by atoms with Gasteiger partial charge in [0, 0.05) is 6.54 Å². The number of aliphatic hydroxyl groups is 1.